The second kappa shape index (κ2) is 7.01. The van der Waals surface area contributed by atoms with E-state index in [1.165, 1.54) is 0 Å². The molecule has 1 aromatic rings. The van der Waals surface area contributed by atoms with Crippen molar-refractivity contribution < 1.29 is 4.79 Å². The quantitative estimate of drug-likeness (QED) is 0.811. The lowest BCUT2D eigenvalue weighted by Crippen LogP contribution is -2.38. The Balaban J connectivity index is 2.68. The molecule has 0 spiro atoms. The highest BCUT2D eigenvalue weighted by Gasteiger charge is 2.20. The van der Waals surface area contributed by atoms with Crippen molar-refractivity contribution in [2.45, 2.75) is 26.8 Å². The third kappa shape index (κ3) is 3.82. The molecule has 1 heterocycles. The maximum absolute atomic E-state index is 12.2. The van der Waals surface area contributed by atoms with Gasteiger partial charge in [0.15, 0.2) is 0 Å². The van der Waals surface area contributed by atoms with Crippen LogP contribution in [-0.2, 0) is 11.3 Å². The largest absolute Gasteiger partial charge is 0.338 e. The summed E-state index contributed by atoms with van der Waals surface area (Å²) in [5.41, 5.74) is 6.71. The lowest BCUT2D eigenvalue weighted by Gasteiger charge is -2.25. The topological polar surface area (TPSA) is 59.2 Å². The van der Waals surface area contributed by atoms with Crippen molar-refractivity contribution in [3.05, 3.63) is 30.1 Å². The van der Waals surface area contributed by atoms with Gasteiger partial charge in [0.25, 0.3) is 0 Å². The van der Waals surface area contributed by atoms with E-state index in [1.807, 2.05) is 30.9 Å². The molecular formula is C13H21N3O. The zero-order chi connectivity index (χ0) is 12.7. The minimum absolute atomic E-state index is 0.0585. The summed E-state index contributed by atoms with van der Waals surface area (Å²) in [5.74, 6) is 0.0890. The zero-order valence-electron chi connectivity index (χ0n) is 10.6. The zero-order valence-corrected chi connectivity index (χ0v) is 10.6. The number of carbonyl (C=O) groups is 1. The Morgan fingerprint density at radius 2 is 2.06 bits per heavy atom. The molecule has 4 nitrogen and oxygen atoms in total. The minimum atomic E-state index is -0.0585. The summed E-state index contributed by atoms with van der Waals surface area (Å²) >= 11 is 0. The number of nitrogens with two attached hydrogens (primary N) is 1. The van der Waals surface area contributed by atoms with Gasteiger partial charge in [0, 0.05) is 32.0 Å². The van der Waals surface area contributed by atoms with Crippen LogP contribution >= 0.6 is 0 Å². The molecular weight excluding hydrogens is 214 g/mol. The first-order chi connectivity index (χ1) is 8.22. The summed E-state index contributed by atoms with van der Waals surface area (Å²) in [6, 6.07) is 3.86. The Labute approximate surface area is 103 Å². The number of hydrogen-bond donors (Lipinski definition) is 1. The first kappa shape index (κ1) is 13.6. The third-order valence-electron chi connectivity index (χ3n) is 2.94. The van der Waals surface area contributed by atoms with Crippen LogP contribution in [0.2, 0.25) is 0 Å². The van der Waals surface area contributed by atoms with Gasteiger partial charge in [0.05, 0.1) is 5.92 Å². The first-order valence-corrected chi connectivity index (χ1v) is 6.10. The maximum Gasteiger partial charge on any atom is 0.227 e. The Kier molecular flexibility index (Phi) is 5.63. The average Bonchev–Trinajstić information content (AvgIpc) is 2.38. The molecule has 0 saturated heterocycles. The molecule has 0 saturated carbocycles. The number of nitrogens with zero attached hydrogens (tertiary/aromatic N) is 2. The van der Waals surface area contributed by atoms with Crippen molar-refractivity contribution in [1.82, 2.24) is 9.88 Å². The molecule has 1 unspecified atom stereocenters. The fourth-order valence-corrected chi connectivity index (χ4v) is 1.75. The Morgan fingerprint density at radius 1 is 1.41 bits per heavy atom. The summed E-state index contributed by atoms with van der Waals surface area (Å²) in [5, 5.41) is 0. The van der Waals surface area contributed by atoms with Crippen LogP contribution in [0.1, 0.15) is 25.8 Å². The van der Waals surface area contributed by atoms with Crippen LogP contribution in [0.4, 0.5) is 0 Å². The van der Waals surface area contributed by atoms with Crippen LogP contribution in [-0.4, -0.2) is 28.9 Å². The lowest BCUT2D eigenvalue weighted by atomic mass is 10.0. The van der Waals surface area contributed by atoms with Gasteiger partial charge in [-0.15, -0.1) is 0 Å². The van der Waals surface area contributed by atoms with E-state index in [0.29, 0.717) is 19.6 Å². The molecule has 17 heavy (non-hydrogen) atoms. The summed E-state index contributed by atoms with van der Waals surface area (Å²) in [7, 11) is 0. The number of hydrogen-bond acceptors (Lipinski definition) is 3. The summed E-state index contributed by atoms with van der Waals surface area (Å²) < 4.78 is 0. The molecule has 94 valence electrons. The molecule has 2 N–H and O–H groups in total. The molecule has 0 radical (unpaired) electrons. The predicted molar refractivity (Wildman–Crippen MR) is 68.2 cm³/mol. The van der Waals surface area contributed by atoms with Crippen LogP contribution < -0.4 is 5.73 Å². The maximum atomic E-state index is 12.2. The van der Waals surface area contributed by atoms with Gasteiger partial charge in [-0.1, -0.05) is 6.92 Å². The van der Waals surface area contributed by atoms with Crippen molar-refractivity contribution in [1.29, 1.82) is 0 Å². The minimum Gasteiger partial charge on any atom is -0.338 e. The van der Waals surface area contributed by atoms with E-state index in [9.17, 15) is 4.79 Å². The summed E-state index contributed by atoms with van der Waals surface area (Å²) in [4.78, 5) is 18.0. The molecule has 1 amide bonds. The van der Waals surface area contributed by atoms with E-state index in [4.69, 9.17) is 5.73 Å². The SMILES string of the molecule is CCC(CN)C(=O)N(CC)Cc1ccncc1. The van der Waals surface area contributed by atoms with Gasteiger partial charge in [-0.3, -0.25) is 9.78 Å². The lowest BCUT2D eigenvalue weighted by molar-refractivity contribution is -0.135. The van der Waals surface area contributed by atoms with Crippen molar-refractivity contribution >= 4 is 5.91 Å². The third-order valence-corrected chi connectivity index (χ3v) is 2.94. The molecule has 0 aromatic carbocycles. The number of amides is 1. The van der Waals surface area contributed by atoms with Gasteiger partial charge in [-0.25, -0.2) is 0 Å². The standard InChI is InChI=1S/C13H21N3O/c1-3-12(9-14)13(17)16(4-2)10-11-5-7-15-8-6-11/h5-8,12H,3-4,9-10,14H2,1-2H3. The van der Waals surface area contributed by atoms with Gasteiger partial charge < -0.3 is 10.6 Å². The molecule has 0 bridgehead atoms. The number of aromatic nitrogens is 1. The monoisotopic (exact) mass is 235 g/mol. The highest BCUT2D eigenvalue weighted by atomic mass is 16.2. The van der Waals surface area contributed by atoms with Crippen molar-refractivity contribution in [3.63, 3.8) is 0 Å². The molecule has 0 fully saturated rings. The van der Waals surface area contributed by atoms with Gasteiger partial charge in [-0.2, -0.15) is 0 Å². The molecule has 0 aliphatic rings. The van der Waals surface area contributed by atoms with E-state index >= 15 is 0 Å². The van der Waals surface area contributed by atoms with Crippen LogP contribution in [0, 0.1) is 5.92 Å². The van der Waals surface area contributed by atoms with E-state index < -0.39 is 0 Å². The predicted octanol–water partition coefficient (Wildman–Crippen LogP) is 1.41. The molecule has 4 heteroatoms. The molecule has 1 rings (SSSR count). The first-order valence-electron chi connectivity index (χ1n) is 6.10. The number of carbonyl (C=O) groups excluding carboxylic acids is 1. The van der Waals surface area contributed by atoms with Gasteiger partial charge in [0.1, 0.15) is 0 Å². The van der Waals surface area contributed by atoms with Crippen LogP contribution in [0.5, 0.6) is 0 Å². The Morgan fingerprint density at radius 3 is 2.53 bits per heavy atom. The van der Waals surface area contributed by atoms with E-state index in [-0.39, 0.29) is 11.8 Å². The fourth-order valence-electron chi connectivity index (χ4n) is 1.75. The summed E-state index contributed by atoms with van der Waals surface area (Å²) in [6.45, 7) is 5.74. The normalized spacial score (nSPS) is 12.2. The highest BCUT2D eigenvalue weighted by Crippen LogP contribution is 2.10. The molecule has 1 aromatic heterocycles. The van der Waals surface area contributed by atoms with Crippen LogP contribution in [0.25, 0.3) is 0 Å². The van der Waals surface area contributed by atoms with Gasteiger partial charge in [-0.05, 0) is 31.0 Å². The van der Waals surface area contributed by atoms with E-state index in [2.05, 4.69) is 4.98 Å². The van der Waals surface area contributed by atoms with E-state index in [1.54, 1.807) is 12.4 Å². The molecule has 0 aliphatic heterocycles. The van der Waals surface area contributed by atoms with Crippen LogP contribution in [0.3, 0.4) is 0 Å². The second-order valence-electron chi connectivity index (χ2n) is 4.05. The van der Waals surface area contributed by atoms with Crippen molar-refractivity contribution in [2.75, 3.05) is 13.1 Å². The fraction of sp³-hybridized carbons (Fsp3) is 0.538. The van der Waals surface area contributed by atoms with Gasteiger partial charge >= 0.3 is 0 Å². The van der Waals surface area contributed by atoms with Crippen LogP contribution in [0.15, 0.2) is 24.5 Å². The Hall–Kier alpha value is -1.42. The smallest absolute Gasteiger partial charge is 0.227 e. The van der Waals surface area contributed by atoms with E-state index in [0.717, 1.165) is 12.0 Å². The number of pyridine rings is 1. The second-order valence-corrected chi connectivity index (χ2v) is 4.05. The van der Waals surface area contributed by atoms with Crippen molar-refractivity contribution in [3.8, 4) is 0 Å². The van der Waals surface area contributed by atoms with Crippen molar-refractivity contribution in [2.24, 2.45) is 11.7 Å². The Bertz CT molecular complexity index is 336. The molecule has 0 aliphatic carbocycles. The van der Waals surface area contributed by atoms with Gasteiger partial charge in [0.2, 0.25) is 5.91 Å². The highest BCUT2D eigenvalue weighted by molar-refractivity contribution is 5.79. The number of rotatable bonds is 6. The molecule has 1 atom stereocenters. The average molecular weight is 235 g/mol. The summed E-state index contributed by atoms with van der Waals surface area (Å²) in [6.07, 6.45) is 4.28.